The summed E-state index contributed by atoms with van der Waals surface area (Å²) in [6.45, 7) is 3.52. The highest BCUT2D eigenvalue weighted by atomic mass is 35.5. The van der Waals surface area contributed by atoms with Crippen LogP contribution in [0.3, 0.4) is 0 Å². The molecule has 0 aliphatic heterocycles. The first kappa shape index (κ1) is 25.3. The van der Waals surface area contributed by atoms with Gasteiger partial charge in [-0.2, -0.15) is 4.39 Å². The SMILES string of the molecule is CCOC(=O)Cc1sc(F)c(N(C(=O)CCl)C(=O)C2=C(C(=O)OCC)CCCC2)c1Cl. The zero-order valence-electron chi connectivity index (χ0n) is 17.1. The van der Waals surface area contributed by atoms with Crippen molar-refractivity contribution in [2.75, 3.05) is 24.0 Å². The molecule has 0 saturated carbocycles. The quantitative estimate of drug-likeness (QED) is 0.398. The summed E-state index contributed by atoms with van der Waals surface area (Å²) < 4.78 is 24.7. The smallest absolute Gasteiger partial charge is 0.334 e. The summed E-state index contributed by atoms with van der Waals surface area (Å²) in [6, 6.07) is 0. The third-order valence-electron chi connectivity index (χ3n) is 4.50. The van der Waals surface area contributed by atoms with E-state index in [0.717, 1.165) is 0 Å². The second kappa shape index (κ2) is 11.6. The molecule has 0 N–H and O–H groups in total. The van der Waals surface area contributed by atoms with Crippen molar-refractivity contribution in [3.8, 4) is 0 Å². The van der Waals surface area contributed by atoms with Gasteiger partial charge in [0.25, 0.3) is 5.91 Å². The molecule has 170 valence electrons. The van der Waals surface area contributed by atoms with E-state index < -0.39 is 40.5 Å². The third kappa shape index (κ3) is 5.84. The van der Waals surface area contributed by atoms with E-state index in [1.807, 2.05) is 0 Å². The Balaban J connectivity index is 2.53. The minimum atomic E-state index is -0.926. The molecule has 1 aliphatic carbocycles. The van der Waals surface area contributed by atoms with Gasteiger partial charge in [-0.05, 0) is 39.5 Å². The van der Waals surface area contributed by atoms with Crippen molar-refractivity contribution in [3.63, 3.8) is 0 Å². The second-order valence-corrected chi connectivity index (χ2v) is 8.20. The highest BCUT2D eigenvalue weighted by Gasteiger charge is 2.36. The van der Waals surface area contributed by atoms with Gasteiger partial charge in [-0.25, -0.2) is 9.69 Å². The summed E-state index contributed by atoms with van der Waals surface area (Å²) in [4.78, 5) is 50.6. The number of hydrogen-bond acceptors (Lipinski definition) is 7. The number of halogens is 3. The predicted octanol–water partition coefficient (Wildman–Crippen LogP) is 4.18. The predicted molar refractivity (Wildman–Crippen MR) is 115 cm³/mol. The highest BCUT2D eigenvalue weighted by molar-refractivity contribution is 7.11. The van der Waals surface area contributed by atoms with Crippen LogP contribution in [0, 0.1) is 5.13 Å². The molecule has 1 heterocycles. The van der Waals surface area contributed by atoms with Gasteiger partial charge in [0.15, 0.2) is 0 Å². The van der Waals surface area contributed by atoms with E-state index in [9.17, 15) is 23.6 Å². The van der Waals surface area contributed by atoms with Gasteiger partial charge in [0, 0.05) is 16.0 Å². The summed E-state index contributed by atoms with van der Waals surface area (Å²) in [5.41, 5.74) is -0.261. The van der Waals surface area contributed by atoms with E-state index in [-0.39, 0.29) is 47.1 Å². The van der Waals surface area contributed by atoms with Gasteiger partial charge in [0.1, 0.15) is 11.6 Å². The number of carbonyl (C=O) groups is 4. The Morgan fingerprint density at radius 2 is 1.68 bits per heavy atom. The number of hydrogen-bond donors (Lipinski definition) is 0. The minimum absolute atomic E-state index is 0.0665. The number of thiophene rings is 1. The zero-order chi connectivity index (χ0) is 23.1. The Hall–Kier alpha value is -1.97. The molecule has 2 rings (SSSR count). The number of carbonyl (C=O) groups excluding carboxylic acids is 4. The van der Waals surface area contributed by atoms with Gasteiger partial charge >= 0.3 is 11.9 Å². The van der Waals surface area contributed by atoms with Crippen LogP contribution in [0.5, 0.6) is 0 Å². The number of anilines is 1. The van der Waals surface area contributed by atoms with Crippen LogP contribution in [0.25, 0.3) is 0 Å². The number of imide groups is 1. The molecule has 1 aromatic heterocycles. The number of esters is 2. The average molecular weight is 494 g/mol. The summed E-state index contributed by atoms with van der Waals surface area (Å²) in [5, 5.41) is -1.18. The largest absolute Gasteiger partial charge is 0.466 e. The fourth-order valence-electron chi connectivity index (χ4n) is 3.18. The molecule has 0 unspecified atom stereocenters. The van der Waals surface area contributed by atoms with Crippen molar-refractivity contribution in [1.29, 1.82) is 0 Å². The molecule has 0 aromatic carbocycles. The topological polar surface area (TPSA) is 90.0 Å². The van der Waals surface area contributed by atoms with Crippen molar-refractivity contribution in [2.45, 2.75) is 46.0 Å². The van der Waals surface area contributed by atoms with Crippen LogP contribution in [0.2, 0.25) is 5.02 Å². The number of rotatable bonds is 8. The highest BCUT2D eigenvalue weighted by Crippen LogP contribution is 2.41. The Bertz CT molecular complexity index is 914. The molecular weight excluding hydrogens is 472 g/mol. The average Bonchev–Trinajstić information content (AvgIpc) is 3.01. The molecule has 2 amide bonds. The Kier molecular flexibility index (Phi) is 9.46. The van der Waals surface area contributed by atoms with E-state index in [1.54, 1.807) is 13.8 Å². The first-order valence-electron chi connectivity index (χ1n) is 9.71. The van der Waals surface area contributed by atoms with Crippen LogP contribution < -0.4 is 4.90 Å². The summed E-state index contributed by atoms with van der Waals surface area (Å²) in [7, 11) is 0. The van der Waals surface area contributed by atoms with Gasteiger partial charge in [-0.15, -0.1) is 22.9 Å². The van der Waals surface area contributed by atoms with Crippen molar-refractivity contribution in [3.05, 3.63) is 26.2 Å². The van der Waals surface area contributed by atoms with Gasteiger partial charge in [-0.1, -0.05) is 11.6 Å². The molecule has 11 heteroatoms. The van der Waals surface area contributed by atoms with Gasteiger partial charge < -0.3 is 9.47 Å². The molecule has 0 atom stereocenters. The number of alkyl halides is 1. The molecule has 7 nitrogen and oxygen atoms in total. The van der Waals surface area contributed by atoms with E-state index in [4.69, 9.17) is 32.7 Å². The van der Waals surface area contributed by atoms with Crippen LogP contribution in [0.4, 0.5) is 10.1 Å². The van der Waals surface area contributed by atoms with Crippen LogP contribution >= 0.6 is 34.5 Å². The second-order valence-electron chi connectivity index (χ2n) is 6.50. The minimum Gasteiger partial charge on any atom is -0.466 e. The lowest BCUT2D eigenvalue weighted by atomic mass is 9.90. The van der Waals surface area contributed by atoms with Crippen molar-refractivity contribution in [2.24, 2.45) is 0 Å². The standard InChI is InChI=1S/C20H22Cl2FNO6S/c1-3-29-15(26)9-13-16(22)17(18(23)31-13)24(14(25)10-21)19(27)11-7-5-6-8-12(11)20(28)30-4-2/h3-10H2,1-2H3. The van der Waals surface area contributed by atoms with E-state index in [0.29, 0.717) is 35.5 Å². The maximum absolute atomic E-state index is 14.8. The van der Waals surface area contributed by atoms with Crippen LogP contribution in [0.15, 0.2) is 11.1 Å². The lowest BCUT2D eigenvalue weighted by molar-refractivity contribution is -0.142. The molecule has 0 saturated heterocycles. The first-order chi connectivity index (χ1) is 14.8. The van der Waals surface area contributed by atoms with Gasteiger partial charge in [0.2, 0.25) is 11.0 Å². The fraction of sp³-hybridized carbons (Fsp3) is 0.500. The van der Waals surface area contributed by atoms with Crippen LogP contribution in [-0.4, -0.2) is 42.8 Å². The molecular formula is C20H22Cl2FNO6S. The van der Waals surface area contributed by atoms with Crippen molar-refractivity contribution in [1.82, 2.24) is 0 Å². The van der Waals surface area contributed by atoms with Gasteiger partial charge in [-0.3, -0.25) is 14.4 Å². The fourth-order valence-corrected chi connectivity index (χ4v) is 4.59. The first-order valence-corrected chi connectivity index (χ1v) is 11.4. The Morgan fingerprint density at radius 3 is 2.26 bits per heavy atom. The van der Waals surface area contributed by atoms with E-state index >= 15 is 0 Å². The van der Waals surface area contributed by atoms with E-state index in [2.05, 4.69) is 0 Å². The molecule has 0 radical (unpaired) electrons. The summed E-state index contributed by atoms with van der Waals surface area (Å²) >= 11 is 12.5. The molecule has 31 heavy (non-hydrogen) atoms. The number of ether oxygens (including phenoxy) is 2. The Morgan fingerprint density at radius 1 is 1.06 bits per heavy atom. The molecule has 0 bridgehead atoms. The van der Waals surface area contributed by atoms with Gasteiger partial charge in [0.05, 0.1) is 24.7 Å². The Labute approximate surface area is 193 Å². The maximum Gasteiger partial charge on any atom is 0.334 e. The summed E-state index contributed by atoms with van der Waals surface area (Å²) in [5.74, 6) is -3.68. The van der Waals surface area contributed by atoms with E-state index in [1.165, 1.54) is 0 Å². The molecule has 0 spiro atoms. The normalized spacial score (nSPS) is 13.7. The molecule has 0 fully saturated rings. The molecule has 1 aromatic rings. The maximum atomic E-state index is 14.8. The lowest BCUT2D eigenvalue weighted by Crippen LogP contribution is -2.40. The monoisotopic (exact) mass is 493 g/mol. The molecule has 1 aliphatic rings. The summed E-state index contributed by atoms with van der Waals surface area (Å²) in [6.07, 6.45) is 1.49. The van der Waals surface area contributed by atoms with Crippen molar-refractivity contribution >= 4 is 64.0 Å². The number of nitrogens with zero attached hydrogens (tertiary/aromatic N) is 1. The van der Waals surface area contributed by atoms with Crippen molar-refractivity contribution < 1.29 is 33.0 Å². The van der Waals surface area contributed by atoms with Crippen LogP contribution in [-0.2, 0) is 35.1 Å². The zero-order valence-corrected chi connectivity index (χ0v) is 19.4. The third-order valence-corrected chi connectivity index (χ3v) is 6.22. The van der Waals surface area contributed by atoms with Crippen LogP contribution in [0.1, 0.15) is 44.4 Å². The number of amides is 2. The lowest BCUT2D eigenvalue weighted by Gasteiger charge is -2.25.